The lowest BCUT2D eigenvalue weighted by Crippen LogP contribution is -2.61. The zero-order chi connectivity index (χ0) is 15.3. The van der Waals surface area contributed by atoms with Gasteiger partial charge in [0.25, 0.3) is 0 Å². The van der Waals surface area contributed by atoms with Crippen molar-refractivity contribution in [3.05, 3.63) is 0 Å². The van der Waals surface area contributed by atoms with Gasteiger partial charge in [-0.05, 0) is 13.3 Å². The Morgan fingerprint density at radius 1 is 1.20 bits per heavy atom. The van der Waals surface area contributed by atoms with Gasteiger partial charge in [0, 0.05) is 6.61 Å². The minimum absolute atomic E-state index is 0.0263. The predicted octanol–water partition coefficient (Wildman–Crippen LogP) is -2.61. The maximum absolute atomic E-state index is 11.8. The first kappa shape index (κ1) is 17.3. The third-order valence-electron chi connectivity index (χ3n) is 3.36. The number of carbonyl (C=O) groups is 1. The Kier molecular flexibility index (Phi) is 6.80. The number of aliphatic hydroxyl groups is 5. The van der Waals surface area contributed by atoms with Gasteiger partial charge in [-0.3, -0.25) is 4.79 Å². The summed E-state index contributed by atoms with van der Waals surface area (Å²) >= 11 is 0. The van der Waals surface area contributed by atoms with Crippen molar-refractivity contribution < 1.29 is 39.8 Å². The van der Waals surface area contributed by atoms with Crippen molar-refractivity contribution in [1.82, 2.24) is 0 Å². The molecular weight excluding hydrogens is 272 g/mol. The quantitative estimate of drug-likeness (QED) is 0.336. The Bertz CT molecular complexity index is 308. The van der Waals surface area contributed by atoms with Crippen molar-refractivity contribution in [2.45, 2.75) is 43.9 Å². The molecule has 1 fully saturated rings. The molecule has 1 rings (SSSR count). The number of rotatable bonds is 6. The first-order chi connectivity index (χ1) is 9.47. The number of hydrogen-bond donors (Lipinski definition) is 5. The van der Waals surface area contributed by atoms with E-state index in [1.54, 1.807) is 6.92 Å². The van der Waals surface area contributed by atoms with E-state index in [2.05, 4.69) is 0 Å². The molecule has 1 aliphatic rings. The SMILES string of the molecule is CCOC(=O)C(CCO)C1O[C@H](CO)[C@H](O)[C@H](O)[C@H]1O. The lowest BCUT2D eigenvalue weighted by molar-refractivity contribution is -0.243. The van der Waals surface area contributed by atoms with Crippen LogP contribution in [0.15, 0.2) is 0 Å². The molecule has 6 atom stereocenters. The molecule has 8 nitrogen and oxygen atoms in total. The van der Waals surface area contributed by atoms with Crippen molar-refractivity contribution in [1.29, 1.82) is 0 Å². The molecule has 118 valence electrons. The molecule has 0 bridgehead atoms. The van der Waals surface area contributed by atoms with Crippen molar-refractivity contribution in [2.75, 3.05) is 19.8 Å². The topological polar surface area (TPSA) is 137 Å². The van der Waals surface area contributed by atoms with Gasteiger partial charge in [-0.2, -0.15) is 0 Å². The molecule has 0 aliphatic carbocycles. The second kappa shape index (κ2) is 7.87. The lowest BCUT2D eigenvalue weighted by atomic mass is 9.86. The highest BCUT2D eigenvalue weighted by Crippen LogP contribution is 2.28. The van der Waals surface area contributed by atoms with E-state index >= 15 is 0 Å². The molecular formula is C12H22O8. The standard InChI is InChI=1S/C12H22O8/c1-2-19-12(18)6(3-4-13)11-10(17)9(16)8(15)7(5-14)20-11/h6-11,13-17H,2-5H2,1H3/t6?,7-,8+,9+,10-,11?/m1/s1. The maximum atomic E-state index is 11.8. The Hall–Kier alpha value is -0.770. The molecule has 0 saturated carbocycles. The molecule has 8 heteroatoms. The summed E-state index contributed by atoms with van der Waals surface area (Å²) in [4.78, 5) is 11.8. The number of hydrogen-bond acceptors (Lipinski definition) is 8. The highest BCUT2D eigenvalue weighted by molar-refractivity contribution is 5.73. The van der Waals surface area contributed by atoms with E-state index in [9.17, 15) is 20.1 Å². The summed E-state index contributed by atoms with van der Waals surface area (Å²) in [6.45, 7) is 0.827. The third-order valence-corrected chi connectivity index (χ3v) is 3.36. The summed E-state index contributed by atoms with van der Waals surface area (Å²) in [6, 6.07) is 0. The summed E-state index contributed by atoms with van der Waals surface area (Å²) in [7, 11) is 0. The summed E-state index contributed by atoms with van der Waals surface area (Å²) in [5, 5.41) is 47.4. The number of aliphatic hydroxyl groups excluding tert-OH is 5. The van der Waals surface area contributed by atoms with E-state index in [1.807, 2.05) is 0 Å². The van der Waals surface area contributed by atoms with Gasteiger partial charge < -0.3 is 35.0 Å². The monoisotopic (exact) mass is 294 g/mol. The largest absolute Gasteiger partial charge is 0.466 e. The second-order valence-electron chi connectivity index (χ2n) is 4.66. The molecule has 2 unspecified atom stereocenters. The van der Waals surface area contributed by atoms with E-state index in [-0.39, 0.29) is 19.6 Å². The molecule has 0 amide bonds. The first-order valence-corrected chi connectivity index (χ1v) is 6.55. The van der Waals surface area contributed by atoms with Crippen LogP contribution in [0.2, 0.25) is 0 Å². The third kappa shape index (κ3) is 3.66. The van der Waals surface area contributed by atoms with Crippen LogP contribution in [-0.2, 0) is 14.3 Å². The number of esters is 1. The fourth-order valence-corrected chi connectivity index (χ4v) is 2.27. The van der Waals surface area contributed by atoms with Gasteiger partial charge in [0.1, 0.15) is 30.5 Å². The molecule has 0 aromatic carbocycles. The van der Waals surface area contributed by atoms with Crippen LogP contribution >= 0.6 is 0 Å². The number of ether oxygens (including phenoxy) is 2. The van der Waals surface area contributed by atoms with Crippen molar-refractivity contribution in [3.8, 4) is 0 Å². The van der Waals surface area contributed by atoms with Crippen LogP contribution in [0, 0.1) is 5.92 Å². The summed E-state index contributed by atoms with van der Waals surface area (Å²) in [6.07, 6.45) is -6.84. The Labute approximate surface area is 116 Å². The van der Waals surface area contributed by atoms with Crippen LogP contribution in [0.3, 0.4) is 0 Å². The van der Waals surface area contributed by atoms with E-state index < -0.39 is 49.0 Å². The minimum Gasteiger partial charge on any atom is -0.466 e. The van der Waals surface area contributed by atoms with Crippen LogP contribution in [0.5, 0.6) is 0 Å². The maximum Gasteiger partial charge on any atom is 0.311 e. The molecule has 5 N–H and O–H groups in total. The van der Waals surface area contributed by atoms with Crippen LogP contribution in [0.25, 0.3) is 0 Å². The predicted molar refractivity (Wildman–Crippen MR) is 65.6 cm³/mol. The summed E-state index contributed by atoms with van der Waals surface area (Å²) < 4.78 is 10.1. The van der Waals surface area contributed by atoms with Crippen LogP contribution in [0.1, 0.15) is 13.3 Å². The van der Waals surface area contributed by atoms with E-state index in [1.165, 1.54) is 0 Å². The molecule has 0 radical (unpaired) electrons. The van der Waals surface area contributed by atoms with Gasteiger partial charge in [-0.15, -0.1) is 0 Å². The lowest BCUT2D eigenvalue weighted by Gasteiger charge is -2.42. The van der Waals surface area contributed by atoms with Gasteiger partial charge >= 0.3 is 5.97 Å². The normalized spacial score (nSPS) is 35.6. The van der Waals surface area contributed by atoms with E-state index in [0.29, 0.717) is 0 Å². The van der Waals surface area contributed by atoms with Crippen LogP contribution in [-0.4, -0.2) is 81.8 Å². The molecule has 0 spiro atoms. The van der Waals surface area contributed by atoms with Gasteiger partial charge in [0.05, 0.1) is 19.1 Å². The van der Waals surface area contributed by atoms with Gasteiger partial charge in [-0.1, -0.05) is 0 Å². The first-order valence-electron chi connectivity index (χ1n) is 6.55. The average Bonchev–Trinajstić information content (AvgIpc) is 2.43. The van der Waals surface area contributed by atoms with Gasteiger partial charge in [0.15, 0.2) is 0 Å². The Morgan fingerprint density at radius 2 is 1.85 bits per heavy atom. The van der Waals surface area contributed by atoms with Crippen LogP contribution in [0.4, 0.5) is 0 Å². The van der Waals surface area contributed by atoms with Gasteiger partial charge in [0.2, 0.25) is 0 Å². The second-order valence-corrected chi connectivity index (χ2v) is 4.66. The van der Waals surface area contributed by atoms with Crippen molar-refractivity contribution in [2.24, 2.45) is 5.92 Å². The van der Waals surface area contributed by atoms with Crippen molar-refractivity contribution in [3.63, 3.8) is 0 Å². The number of carbonyl (C=O) groups excluding carboxylic acids is 1. The fourth-order valence-electron chi connectivity index (χ4n) is 2.27. The molecule has 1 saturated heterocycles. The molecule has 20 heavy (non-hydrogen) atoms. The van der Waals surface area contributed by atoms with E-state index in [4.69, 9.17) is 19.7 Å². The van der Waals surface area contributed by atoms with Crippen molar-refractivity contribution >= 4 is 5.97 Å². The van der Waals surface area contributed by atoms with E-state index in [0.717, 1.165) is 0 Å². The average molecular weight is 294 g/mol. The highest BCUT2D eigenvalue weighted by Gasteiger charge is 2.48. The Balaban J connectivity index is 2.90. The zero-order valence-corrected chi connectivity index (χ0v) is 11.3. The van der Waals surface area contributed by atoms with Crippen LogP contribution < -0.4 is 0 Å². The fraction of sp³-hybridized carbons (Fsp3) is 0.917. The molecule has 1 heterocycles. The summed E-state index contributed by atoms with van der Waals surface area (Å²) in [5.41, 5.74) is 0. The molecule has 0 aromatic heterocycles. The minimum atomic E-state index is -1.55. The zero-order valence-electron chi connectivity index (χ0n) is 11.3. The Morgan fingerprint density at radius 3 is 2.35 bits per heavy atom. The van der Waals surface area contributed by atoms with Gasteiger partial charge in [-0.25, -0.2) is 0 Å². The summed E-state index contributed by atoms with van der Waals surface area (Å²) in [5.74, 6) is -1.67. The highest BCUT2D eigenvalue weighted by atomic mass is 16.6. The smallest absolute Gasteiger partial charge is 0.311 e. The molecule has 1 aliphatic heterocycles. The molecule has 0 aromatic rings.